The average molecular weight is 331 g/mol. The molecule has 1 aromatic carbocycles. The average Bonchev–Trinajstić information content (AvgIpc) is 2.93. The number of benzene rings is 1. The van der Waals surface area contributed by atoms with Crippen molar-refractivity contribution in [2.75, 3.05) is 14.1 Å². The summed E-state index contributed by atoms with van der Waals surface area (Å²) in [6, 6.07) is 10.9. The molecule has 1 atom stereocenters. The predicted molar refractivity (Wildman–Crippen MR) is 91.7 cm³/mol. The van der Waals surface area contributed by atoms with Crippen LogP contribution >= 0.6 is 11.3 Å². The molecule has 0 aliphatic rings. The maximum Gasteiger partial charge on any atom is 0.349 e. The van der Waals surface area contributed by atoms with Crippen molar-refractivity contribution >= 4 is 23.2 Å². The maximum atomic E-state index is 12.5. The number of hydrogen-bond acceptors (Lipinski definition) is 4. The van der Waals surface area contributed by atoms with E-state index in [-0.39, 0.29) is 5.91 Å². The first-order chi connectivity index (χ1) is 10.9. The molecule has 0 radical (unpaired) electrons. The molecule has 0 N–H and O–H groups in total. The van der Waals surface area contributed by atoms with Crippen molar-refractivity contribution in [2.45, 2.75) is 26.4 Å². The number of thiophene rings is 1. The number of carbonyl (C=O) groups is 2. The van der Waals surface area contributed by atoms with Gasteiger partial charge in [-0.25, -0.2) is 4.79 Å². The largest absolute Gasteiger partial charge is 0.443 e. The van der Waals surface area contributed by atoms with E-state index in [2.05, 4.69) is 6.92 Å². The summed E-state index contributed by atoms with van der Waals surface area (Å²) in [5, 5.41) is 0. The molecule has 0 spiro atoms. The maximum absolute atomic E-state index is 12.5. The van der Waals surface area contributed by atoms with Gasteiger partial charge in [-0.15, -0.1) is 11.3 Å². The molecule has 0 fully saturated rings. The second kappa shape index (κ2) is 7.42. The molecular weight excluding hydrogens is 310 g/mol. The molecule has 5 heteroatoms. The Bertz CT molecular complexity index is 692. The van der Waals surface area contributed by atoms with Gasteiger partial charge < -0.3 is 9.64 Å². The zero-order valence-corrected chi connectivity index (χ0v) is 14.6. The van der Waals surface area contributed by atoms with Crippen LogP contribution in [0.1, 0.15) is 38.7 Å². The van der Waals surface area contributed by atoms with Gasteiger partial charge in [0.05, 0.1) is 0 Å². The van der Waals surface area contributed by atoms with Gasteiger partial charge in [-0.05, 0) is 25.0 Å². The summed E-state index contributed by atoms with van der Waals surface area (Å²) >= 11 is 1.43. The minimum Gasteiger partial charge on any atom is -0.443 e. The summed E-state index contributed by atoms with van der Waals surface area (Å²) in [6.07, 6.45) is -0.0473. The van der Waals surface area contributed by atoms with Crippen LogP contribution in [0, 0.1) is 6.92 Å². The highest BCUT2D eigenvalue weighted by Crippen LogP contribution is 2.26. The Labute approximate surface area is 140 Å². The molecule has 0 saturated heterocycles. The first kappa shape index (κ1) is 17.2. The molecule has 0 bridgehead atoms. The summed E-state index contributed by atoms with van der Waals surface area (Å²) in [5.41, 5.74) is 1.75. The second-order valence-corrected chi connectivity index (χ2v) is 6.64. The highest BCUT2D eigenvalue weighted by molar-refractivity contribution is 7.14. The van der Waals surface area contributed by atoms with Gasteiger partial charge in [-0.3, -0.25) is 4.79 Å². The fraction of sp³-hybridized carbons (Fsp3) is 0.333. The third-order valence-electron chi connectivity index (χ3n) is 3.54. The van der Waals surface area contributed by atoms with Crippen LogP contribution in [0.15, 0.2) is 36.4 Å². The van der Waals surface area contributed by atoms with E-state index in [1.165, 1.54) is 16.2 Å². The number of nitrogens with zero attached hydrogens (tertiary/aromatic N) is 1. The molecular formula is C18H21NO3S. The molecule has 122 valence electrons. The summed E-state index contributed by atoms with van der Waals surface area (Å²) in [4.78, 5) is 28.0. The number of hydrogen-bond donors (Lipinski definition) is 0. The lowest BCUT2D eigenvalue weighted by atomic mass is 10.1. The lowest BCUT2D eigenvalue weighted by molar-refractivity contribution is -0.138. The summed E-state index contributed by atoms with van der Waals surface area (Å²) in [5.74, 6) is -0.713. The molecule has 0 aliphatic heterocycles. The van der Waals surface area contributed by atoms with E-state index in [9.17, 15) is 9.59 Å². The topological polar surface area (TPSA) is 46.6 Å². The second-order valence-electron chi connectivity index (χ2n) is 5.50. The Balaban J connectivity index is 2.26. The molecule has 0 aliphatic carbocycles. The van der Waals surface area contributed by atoms with Crippen LogP contribution in [0.4, 0.5) is 0 Å². The van der Waals surface area contributed by atoms with Crippen molar-refractivity contribution in [2.24, 2.45) is 0 Å². The van der Waals surface area contributed by atoms with Crippen LogP contribution in [0.2, 0.25) is 0 Å². The van der Waals surface area contributed by atoms with Gasteiger partial charge in [0, 0.05) is 24.5 Å². The van der Waals surface area contributed by atoms with Crippen LogP contribution in [0.25, 0.3) is 0 Å². The molecule has 0 saturated carbocycles. The lowest BCUT2D eigenvalue weighted by Gasteiger charge is -2.20. The first-order valence-corrected chi connectivity index (χ1v) is 8.32. The van der Waals surface area contributed by atoms with E-state index >= 15 is 0 Å². The molecule has 4 nitrogen and oxygen atoms in total. The zero-order chi connectivity index (χ0) is 17.0. The lowest BCUT2D eigenvalue weighted by Crippen LogP contribution is -2.31. The van der Waals surface area contributed by atoms with Crippen LogP contribution in [-0.4, -0.2) is 30.9 Å². The van der Waals surface area contributed by atoms with Crippen molar-refractivity contribution in [1.82, 2.24) is 4.90 Å². The van der Waals surface area contributed by atoms with Crippen molar-refractivity contribution in [3.05, 3.63) is 57.3 Å². The normalized spacial score (nSPS) is 11.8. The summed E-state index contributed by atoms with van der Waals surface area (Å²) in [7, 11) is 3.30. The van der Waals surface area contributed by atoms with Gasteiger partial charge in [-0.1, -0.05) is 37.3 Å². The predicted octanol–water partition coefficient (Wildman–Crippen LogP) is 3.61. The highest BCUT2D eigenvalue weighted by Gasteiger charge is 2.27. The number of carbonyl (C=O) groups excluding carboxylic acids is 2. The summed E-state index contributed by atoms with van der Waals surface area (Å²) in [6.45, 7) is 4.03. The number of aryl methyl sites for hydroxylation is 2. The number of amides is 1. The number of rotatable bonds is 5. The quantitative estimate of drug-likeness (QED) is 0.786. The molecule has 1 aromatic heterocycles. The first-order valence-electron chi connectivity index (χ1n) is 7.50. The van der Waals surface area contributed by atoms with Gasteiger partial charge in [0.25, 0.3) is 5.91 Å². The van der Waals surface area contributed by atoms with Gasteiger partial charge in [0.1, 0.15) is 4.88 Å². The monoisotopic (exact) mass is 331 g/mol. The SMILES string of the molecule is CCc1sc(C(=O)O[C@@H](C(=O)N(C)C)c2ccccc2)cc1C. The molecule has 2 rings (SSSR count). The fourth-order valence-electron chi connectivity index (χ4n) is 2.26. The molecule has 23 heavy (non-hydrogen) atoms. The van der Waals surface area contributed by atoms with Crippen molar-refractivity contribution < 1.29 is 14.3 Å². The van der Waals surface area contributed by atoms with Gasteiger partial charge in [-0.2, -0.15) is 0 Å². The van der Waals surface area contributed by atoms with Gasteiger partial charge in [0.15, 0.2) is 0 Å². The Morgan fingerprint density at radius 3 is 2.39 bits per heavy atom. The Morgan fingerprint density at radius 2 is 1.87 bits per heavy atom. The fourth-order valence-corrected chi connectivity index (χ4v) is 3.26. The standard InChI is InChI=1S/C18H21NO3S/c1-5-14-12(2)11-15(23-14)18(21)22-16(17(20)19(3)4)13-9-7-6-8-10-13/h6-11,16H,5H2,1-4H3/t16-/m1/s1. The van der Waals surface area contributed by atoms with E-state index in [0.717, 1.165) is 16.9 Å². The van der Waals surface area contributed by atoms with Crippen molar-refractivity contribution in [3.8, 4) is 0 Å². The number of ether oxygens (including phenoxy) is 1. The third-order valence-corrected chi connectivity index (χ3v) is 4.90. The smallest absolute Gasteiger partial charge is 0.349 e. The van der Waals surface area contributed by atoms with Crippen molar-refractivity contribution in [1.29, 1.82) is 0 Å². The van der Waals surface area contributed by atoms with Crippen LogP contribution < -0.4 is 0 Å². The Hall–Kier alpha value is -2.14. The molecule has 1 amide bonds. The Kier molecular flexibility index (Phi) is 5.55. The number of esters is 1. The third kappa shape index (κ3) is 3.99. The molecule has 0 unspecified atom stereocenters. The number of likely N-dealkylation sites (N-methyl/N-ethyl adjacent to an activating group) is 1. The van der Waals surface area contributed by atoms with Gasteiger partial charge in [0.2, 0.25) is 6.10 Å². The van der Waals surface area contributed by atoms with E-state index < -0.39 is 12.1 Å². The Morgan fingerprint density at radius 1 is 1.22 bits per heavy atom. The van der Waals surface area contributed by atoms with Crippen molar-refractivity contribution in [3.63, 3.8) is 0 Å². The minimum absolute atomic E-state index is 0.256. The van der Waals surface area contributed by atoms with Crippen LogP contribution in [0.5, 0.6) is 0 Å². The van der Waals surface area contributed by atoms with Crippen LogP contribution in [0.3, 0.4) is 0 Å². The van der Waals surface area contributed by atoms with Crippen LogP contribution in [-0.2, 0) is 16.0 Å². The van der Waals surface area contributed by atoms with E-state index in [0.29, 0.717) is 10.4 Å². The van der Waals surface area contributed by atoms with Gasteiger partial charge >= 0.3 is 5.97 Å². The molecule has 2 aromatic rings. The highest BCUT2D eigenvalue weighted by atomic mass is 32.1. The van der Waals surface area contributed by atoms with E-state index in [1.54, 1.807) is 26.2 Å². The van der Waals surface area contributed by atoms with E-state index in [1.807, 2.05) is 31.2 Å². The zero-order valence-electron chi connectivity index (χ0n) is 13.8. The minimum atomic E-state index is -0.925. The summed E-state index contributed by atoms with van der Waals surface area (Å²) < 4.78 is 5.54. The van der Waals surface area contributed by atoms with E-state index in [4.69, 9.17) is 4.74 Å². The molecule has 1 heterocycles.